The zero-order chi connectivity index (χ0) is 16.8. The summed E-state index contributed by atoms with van der Waals surface area (Å²) in [6.45, 7) is 1.38. The SMILES string of the molecule is FC(F)(F)c1ccnc(N2CCOC3(CCc4ccccc43)C2)n1. The van der Waals surface area contributed by atoms with Gasteiger partial charge >= 0.3 is 6.18 Å². The largest absolute Gasteiger partial charge is 0.433 e. The van der Waals surface area contributed by atoms with Crippen LogP contribution in [0.1, 0.15) is 23.2 Å². The number of aryl methyl sites for hydroxylation is 1. The predicted octanol–water partition coefficient (Wildman–Crippen LogP) is 3.17. The van der Waals surface area contributed by atoms with Crippen LogP contribution in [-0.2, 0) is 22.9 Å². The first-order valence-electron chi connectivity index (χ1n) is 7.85. The second-order valence-corrected chi connectivity index (χ2v) is 6.16. The smallest absolute Gasteiger partial charge is 0.367 e. The first-order chi connectivity index (χ1) is 11.5. The molecule has 126 valence electrons. The van der Waals surface area contributed by atoms with Gasteiger partial charge in [0.15, 0.2) is 0 Å². The van der Waals surface area contributed by atoms with E-state index in [0.29, 0.717) is 19.7 Å². The minimum Gasteiger partial charge on any atom is -0.367 e. The maximum atomic E-state index is 12.9. The number of rotatable bonds is 1. The van der Waals surface area contributed by atoms with Gasteiger partial charge in [-0.1, -0.05) is 24.3 Å². The molecule has 0 amide bonds. The quantitative estimate of drug-likeness (QED) is 0.802. The van der Waals surface area contributed by atoms with Crippen molar-refractivity contribution < 1.29 is 17.9 Å². The van der Waals surface area contributed by atoms with Gasteiger partial charge in [-0.25, -0.2) is 9.97 Å². The third-order valence-electron chi connectivity index (χ3n) is 4.71. The van der Waals surface area contributed by atoms with Crippen LogP contribution < -0.4 is 4.90 Å². The summed E-state index contributed by atoms with van der Waals surface area (Å²) in [5.74, 6) is 0.108. The van der Waals surface area contributed by atoms with Gasteiger partial charge < -0.3 is 9.64 Å². The van der Waals surface area contributed by atoms with Crippen molar-refractivity contribution in [2.24, 2.45) is 0 Å². The monoisotopic (exact) mass is 335 g/mol. The Morgan fingerprint density at radius 2 is 2.00 bits per heavy atom. The van der Waals surface area contributed by atoms with Gasteiger partial charge in [0, 0.05) is 12.7 Å². The molecule has 1 atom stereocenters. The van der Waals surface area contributed by atoms with E-state index in [0.717, 1.165) is 30.7 Å². The van der Waals surface area contributed by atoms with E-state index in [4.69, 9.17) is 4.74 Å². The van der Waals surface area contributed by atoms with Crippen LogP contribution in [0.3, 0.4) is 0 Å². The molecule has 24 heavy (non-hydrogen) atoms. The number of benzene rings is 1. The second kappa shape index (κ2) is 5.44. The molecule has 1 aliphatic carbocycles. The molecule has 4 nitrogen and oxygen atoms in total. The normalized spacial score (nSPS) is 23.5. The molecule has 1 saturated heterocycles. The Morgan fingerprint density at radius 1 is 1.17 bits per heavy atom. The number of ether oxygens (including phenoxy) is 1. The van der Waals surface area contributed by atoms with Crippen molar-refractivity contribution >= 4 is 5.95 Å². The van der Waals surface area contributed by atoms with Gasteiger partial charge in [0.2, 0.25) is 5.95 Å². The van der Waals surface area contributed by atoms with E-state index in [-0.39, 0.29) is 5.95 Å². The predicted molar refractivity (Wildman–Crippen MR) is 81.6 cm³/mol. The molecule has 1 aliphatic heterocycles. The van der Waals surface area contributed by atoms with E-state index in [1.54, 1.807) is 4.90 Å². The van der Waals surface area contributed by atoms with Crippen molar-refractivity contribution in [3.8, 4) is 0 Å². The van der Waals surface area contributed by atoms with Crippen LogP contribution >= 0.6 is 0 Å². The zero-order valence-corrected chi connectivity index (χ0v) is 12.9. The van der Waals surface area contributed by atoms with Gasteiger partial charge in [-0.15, -0.1) is 0 Å². The van der Waals surface area contributed by atoms with E-state index >= 15 is 0 Å². The van der Waals surface area contributed by atoms with E-state index in [2.05, 4.69) is 16.0 Å². The standard InChI is InChI=1S/C17H16F3N3O/c18-17(19,20)14-6-8-21-15(22-14)23-9-10-24-16(11-23)7-5-12-3-1-2-4-13(12)16/h1-4,6,8H,5,7,9-11H2. The minimum absolute atomic E-state index is 0.108. The molecular formula is C17H16F3N3O. The molecule has 1 spiro atoms. The van der Waals surface area contributed by atoms with Gasteiger partial charge in [0.05, 0.1) is 13.2 Å². The number of halogens is 3. The molecule has 1 aromatic heterocycles. The molecule has 1 aromatic carbocycles. The van der Waals surface area contributed by atoms with Crippen molar-refractivity contribution in [1.82, 2.24) is 9.97 Å². The van der Waals surface area contributed by atoms with Crippen LogP contribution in [0.15, 0.2) is 36.5 Å². The summed E-state index contributed by atoms with van der Waals surface area (Å²) in [5.41, 5.74) is 0.970. The number of alkyl halides is 3. The summed E-state index contributed by atoms with van der Waals surface area (Å²) in [4.78, 5) is 9.55. The summed E-state index contributed by atoms with van der Waals surface area (Å²) in [5, 5.41) is 0. The molecule has 4 rings (SSSR count). The highest BCUT2D eigenvalue weighted by atomic mass is 19.4. The van der Waals surface area contributed by atoms with Crippen molar-refractivity contribution in [1.29, 1.82) is 0 Å². The van der Waals surface area contributed by atoms with E-state index in [1.807, 2.05) is 18.2 Å². The average molecular weight is 335 g/mol. The van der Waals surface area contributed by atoms with Crippen molar-refractivity contribution in [2.75, 3.05) is 24.6 Å². The molecule has 0 bridgehead atoms. The van der Waals surface area contributed by atoms with E-state index in [1.165, 1.54) is 5.56 Å². The highest BCUT2D eigenvalue weighted by Gasteiger charge is 2.44. The van der Waals surface area contributed by atoms with Crippen LogP contribution in [0.2, 0.25) is 0 Å². The first-order valence-corrected chi connectivity index (χ1v) is 7.85. The Labute approximate surface area is 137 Å². The van der Waals surface area contributed by atoms with E-state index < -0.39 is 17.5 Å². The molecule has 7 heteroatoms. The summed E-state index contributed by atoms with van der Waals surface area (Å²) in [6, 6.07) is 8.97. The van der Waals surface area contributed by atoms with Crippen molar-refractivity contribution in [3.05, 3.63) is 53.3 Å². The first kappa shape index (κ1) is 15.4. The van der Waals surface area contributed by atoms with Crippen LogP contribution in [-0.4, -0.2) is 29.7 Å². The molecular weight excluding hydrogens is 319 g/mol. The van der Waals surface area contributed by atoms with Crippen LogP contribution in [0.4, 0.5) is 19.1 Å². The lowest BCUT2D eigenvalue weighted by Crippen LogP contribution is -2.49. The van der Waals surface area contributed by atoms with Crippen molar-refractivity contribution in [3.63, 3.8) is 0 Å². The molecule has 0 radical (unpaired) electrons. The molecule has 0 saturated carbocycles. The summed E-state index contributed by atoms with van der Waals surface area (Å²) < 4.78 is 44.8. The van der Waals surface area contributed by atoms with Gasteiger partial charge in [-0.3, -0.25) is 0 Å². The number of aromatic nitrogens is 2. The third kappa shape index (κ3) is 2.53. The molecule has 1 unspecified atom stereocenters. The lowest BCUT2D eigenvalue weighted by Gasteiger charge is -2.41. The lowest BCUT2D eigenvalue weighted by atomic mass is 9.94. The summed E-state index contributed by atoms with van der Waals surface area (Å²) in [6.07, 6.45) is -1.58. The van der Waals surface area contributed by atoms with Crippen LogP contribution in [0.25, 0.3) is 0 Å². The Morgan fingerprint density at radius 3 is 2.83 bits per heavy atom. The number of hydrogen-bond donors (Lipinski definition) is 0. The summed E-state index contributed by atoms with van der Waals surface area (Å²) >= 11 is 0. The average Bonchev–Trinajstić information content (AvgIpc) is 2.93. The molecule has 1 fully saturated rings. The zero-order valence-electron chi connectivity index (χ0n) is 12.9. The third-order valence-corrected chi connectivity index (χ3v) is 4.71. The highest BCUT2D eigenvalue weighted by Crippen LogP contribution is 2.42. The molecule has 0 N–H and O–H groups in total. The Bertz CT molecular complexity index is 761. The van der Waals surface area contributed by atoms with Gasteiger partial charge in [0.1, 0.15) is 11.3 Å². The van der Waals surface area contributed by atoms with Crippen molar-refractivity contribution in [2.45, 2.75) is 24.6 Å². The Balaban J connectivity index is 1.65. The molecule has 2 aromatic rings. The fourth-order valence-electron chi connectivity index (χ4n) is 3.58. The second-order valence-electron chi connectivity index (χ2n) is 6.16. The Hall–Kier alpha value is -2.15. The molecule has 2 aliphatic rings. The molecule has 2 heterocycles. The topological polar surface area (TPSA) is 38.2 Å². The number of anilines is 1. The minimum atomic E-state index is -4.47. The Kier molecular flexibility index (Phi) is 3.49. The number of morpholine rings is 1. The van der Waals surface area contributed by atoms with Gasteiger partial charge in [-0.05, 0) is 30.0 Å². The lowest BCUT2D eigenvalue weighted by molar-refractivity contribution is -0.141. The van der Waals surface area contributed by atoms with Gasteiger partial charge in [-0.2, -0.15) is 13.2 Å². The van der Waals surface area contributed by atoms with Gasteiger partial charge in [0.25, 0.3) is 0 Å². The van der Waals surface area contributed by atoms with Crippen LogP contribution in [0, 0.1) is 0 Å². The highest BCUT2D eigenvalue weighted by molar-refractivity contribution is 5.42. The number of hydrogen-bond acceptors (Lipinski definition) is 4. The fourth-order valence-corrected chi connectivity index (χ4v) is 3.58. The maximum absolute atomic E-state index is 12.9. The van der Waals surface area contributed by atoms with E-state index in [9.17, 15) is 13.2 Å². The number of fused-ring (bicyclic) bond motifs is 2. The van der Waals surface area contributed by atoms with Crippen LogP contribution in [0.5, 0.6) is 0 Å². The summed E-state index contributed by atoms with van der Waals surface area (Å²) in [7, 11) is 0. The number of nitrogens with zero attached hydrogens (tertiary/aromatic N) is 3. The fraction of sp³-hybridized carbons (Fsp3) is 0.412. The maximum Gasteiger partial charge on any atom is 0.433 e.